The van der Waals surface area contributed by atoms with Gasteiger partial charge in [-0.15, -0.1) is 24.8 Å². The number of hydrogen-bond donors (Lipinski definition) is 1. The highest BCUT2D eigenvalue weighted by Gasteiger charge is 2.10. The Kier molecular flexibility index (Phi) is 12.1. The molecular weight excluding hydrogens is 553 g/mol. The van der Waals surface area contributed by atoms with Crippen LogP contribution in [0.2, 0.25) is 0 Å². The average molecular weight is 578 g/mol. The van der Waals surface area contributed by atoms with Crippen molar-refractivity contribution in [3.05, 3.63) is 63.5 Å². The van der Waals surface area contributed by atoms with Gasteiger partial charge in [-0.05, 0) is 84.4 Å². The molecule has 1 aromatic carbocycles. The van der Waals surface area contributed by atoms with Crippen LogP contribution in [0.1, 0.15) is 29.4 Å². The zero-order valence-electron chi connectivity index (χ0n) is 17.1. The molecule has 0 fully saturated rings. The van der Waals surface area contributed by atoms with Gasteiger partial charge in [0.05, 0.1) is 17.2 Å². The summed E-state index contributed by atoms with van der Waals surface area (Å²) in [6.45, 7) is 5.12. The molecule has 0 unspecified atom stereocenters. The number of carbonyl (C=O) groups is 1. The van der Waals surface area contributed by atoms with E-state index in [0.717, 1.165) is 47.1 Å². The molecule has 2 heterocycles. The molecule has 0 bridgehead atoms. The van der Waals surface area contributed by atoms with E-state index in [1.807, 2.05) is 24.3 Å². The number of nitrogens with one attached hydrogen (secondary N) is 1. The molecule has 0 atom stereocenters. The highest BCUT2D eigenvalue weighted by molar-refractivity contribution is 14.1. The van der Waals surface area contributed by atoms with Gasteiger partial charge in [-0.25, -0.2) is 9.97 Å². The van der Waals surface area contributed by atoms with E-state index >= 15 is 0 Å². The Balaban J connectivity index is 0.00000240. The zero-order valence-corrected chi connectivity index (χ0v) is 20.8. The molecule has 1 N–H and O–H groups in total. The number of amides is 1. The van der Waals surface area contributed by atoms with Crippen LogP contribution in [0.5, 0.6) is 0 Å². The summed E-state index contributed by atoms with van der Waals surface area (Å²) in [6.07, 6.45) is 4.72. The van der Waals surface area contributed by atoms with Gasteiger partial charge in [0.25, 0.3) is 5.91 Å². The Morgan fingerprint density at radius 3 is 2.68 bits per heavy atom. The molecule has 3 aromatic rings. The van der Waals surface area contributed by atoms with Gasteiger partial charge in [0.2, 0.25) is 5.95 Å². The minimum absolute atomic E-state index is 0. The number of aromatic nitrogens is 3. The zero-order chi connectivity index (χ0) is 20.6. The van der Waals surface area contributed by atoms with E-state index in [9.17, 15) is 9.18 Å². The molecule has 10 heteroatoms. The van der Waals surface area contributed by atoms with Crippen LogP contribution in [-0.4, -0.2) is 51.9 Å². The maximum Gasteiger partial charge on any atom is 0.271 e. The number of halogens is 4. The van der Waals surface area contributed by atoms with Gasteiger partial charge < -0.3 is 10.2 Å². The van der Waals surface area contributed by atoms with Crippen molar-refractivity contribution in [2.24, 2.45) is 0 Å². The van der Waals surface area contributed by atoms with Gasteiger partial charge in [0, 0.05) is 22.9 Å². The van der Waals surface area contributed by atoms with Crippen molar-refractivity contribution >= 4 is 64.3 Å². The summed E-state index contributed by atoms with van der Waals surface area (Å²) in [5.74, 6) is -0.662. The summed E-state index contributed by atoms with van der Waals surface area (Å²) >= 11 is 2.22. The first kappa shape index (κ1) is 27.4. The summed E-state index contributed by atoms with van der Waals surface area (Å²) in [6, 6.07) is 9.06. The first-order valence-corrected chi connectivity index (χ1v) is 10.7. The largest absolute Gasteiger partial charge is 0.349 e. The van der Waals surface area contributed by atoms with Crippen LogP contribution in [0.25, 0.3) is 11.0 Å². The second kappa shape index (κ2) is 13.7. The van der Waals surface area contributed by atoms with Crippen LogP contribution in [0.3, 0.4) is 0 Å². The monoisotopic (exact) mass is 577 g/mol. The van der Waals surface area contributed by atoms with Crippen LogP contribution in [0, 0.1) is 9.52 Å². The standard InChI is InChI=1S/C21H23FIN5O.2ClH/c1-2-28(10-3-4-15-7-8-24-20(22)12-15)11-9-25-21(29)19-14-26-18-13-16(23)5-6-17(18)27-19;;/h5-8,12-14H,2-4,9-11H2,1H3,(H,25,29);2*1H/i23-2;;. The highest BCUT2D eigenvalue weighted by Crippen LogP contribution is 2.13. The normalized spacial score (nSPS) is 10.5. The molecule has 168 valence electrons. The number of hydrogen-bond acceptors (Lipinski definition) is 5. The fraction of sp³-hybridized carbons (Fsp3) is 0.333. The number of nitrogens with zero attached hydrogens (tertiary/aromatic N) is 4. The Bertz CT molecular complexity index is 995. The number of pyridine rings is 1. The molecule has 0 aliphatic carbocycles. The third-order valence-electron chi connectivity index (χ3n) is 4.63. The van der Waals surface area contributed by atoms with Crippen molar-refractivity contribution in [3.63, 3.8) is 0 Å². The lowest BCUT2D eigenvalue weighted by atomic mass is 10.1. The van der Waals surface area contributed by atoms with E-state index in [2.05, 4.69) is 54.7 Å². The second-order valence-corrected chi connectivity index (χ2v) is 7.91. The average Bonchev–Trinajstić information content (AvgIpc) is 2.72. The molecule has 6 nitrogen and oxygen atoms in total. The fourth-order valence-electron chi connectivity index (χ4n) is 3.04. The summed E-state index contributed by atoms with van der Waals surface area (Å²) in [4.78, 5) is 26.9. The molecule has 0 aliphatic rings. The van der Waals surface area contributed by atoms with Gasteiger partial charge in [-0.3, -0.25) is 9.78 Å². The minimum Gasteiger partial charge on any atom is -0.349 e. The van der Waals surface area contributed by atoms with Crippen LogP contribution in [0.4, 0.5) is 4.39 Å². The first-order valence-electron chi connectivity index (χ1n) is 9.58. The van der Waals surface area contributed by atoms with Gasteiger partial charge in [0.15, 0.2) is 0 Å². The number of fused-ring (bicyclic) bond motifs is 1. The Morgan fingerprint density at radius 2 is 1.94 bits per heavy atom. The van der Waals surface area contributed by atoms with Gasteiger partial charge in [0.1, 0.15) is 5.69 Å². The number of likely N-dealkylation sites (N-methyl/N-ethyl adjacent to an activating group) is 1. The van der Waals surface area contributed by atoms with Crippen LogP contribution in [0.15, 0.2) is 42.7 Å². The summed E-state index contributed by atoms with van der Waals surface area (Å²) in [7, 11) is 0. The van der Waals surface area contributed by atoms with E-state index in [4.69, 9.17) is 0 Å². The molecule has 1 amide bonds. The third-order valence-corrected chi connectivity index (χ3v) is 5.30. The van der Waals surface area contributed by atoms with Crippen LogP contribution in [-0.2, 0) is 6.42 Å². The smallest absolute Gasteiger partial charge is 0.271 e. The third kappa shape index (κ3) is 8.44. The van der Waals surface area contributed by atoms with Crippen LogP contribution >= 0.6 is 47.4 Å². The van der Waals surface area contributed by atoms with Crippen molar-refractivity contribution in [1.29, 1.82) is 0 Å². The molecule has 0 saturated carbocycles. The topological polar surface area (TPSA) is 71.0 Å². The quantitative estimate of drug-likeness (QED) is 0.303. The van der Waals surface area contributed by atoms with E-state index in [1.54, 1.807) is 0 Å². The molecule has 2 aromatic heterocycles. The molecule has 0 aliphatic heterocycles. The molecule has 3 rings (SSSR count). The summed E-state index contributed by atoms with van der Waals surface area (Å²) in [5.41, 5.74) is 2.76. The minimum atomic E-state index is -0.441. The Labute approximate surface area is 207 Å². The SMILES string of the molecule is CCN(CCCc1ccnc(F)c1)CCNC(=O)c1cnc2cc([125I])ccc2n1.Cl.Cl. The molecule has 0 radical (unpaired) electrons. The molecule has 0 saturated heterocycles. The maximum absolute atomic E-state index is 13.1. The van der Waals surface area contributed by atoms with E-state index in [0.29, 0.717) is 17.8 Å². The Morgan fingerprint density at radius 1 is 1.13 bits per heavy atom. The lowest BCUT2D eigenvalue weighted by Crippen LogP contribution is -2.35. The molecule has 0 spiro atoms. The highest BCUT2D eigenvalue weighted by atomic mass is 125. The maximum atomic E-state index is 13.1. The summed E-state index contributed by atoms with van der Waals surface area (Å²) in [5, 5.41) is 2.91. The van der Waals surface area contributed by atoms with Crippen molar-refractivity contribution < 1.29 is 9.18 Å². The van der Waals surface area contributed by atoms with Crippen molar-refractivity contribution in [1.82, 2.24) is 25.2 Å². The predicted molar refractivity (Wildman–Crippen MR) is 134 cm³/mol. The van der Waals surface area contributed by atoms with Gasteiger partial charge >= 0.3 is 0 Å². The number of rotatable bonds is 9. The van der Waals surface area contributed by atoms with E-state index in [-0.39, 0.29) is 30.7 Å². The van der Waals surface area contributed by atoms with Gasteiger partial charge in [-0.1, -0.05) is 6.92 Å². The first-order chi connectivity index (χ1) is 14.0. The molecular formula is C21H25Cl2FIN5O. The van der Waals surface area contributed by atoms with Crippen molar-refractivity contribution in [2.45, 2.75) is 19.8 Å². The number of aryl methyl sites for hydroxylation is 1. The predicted octanol–water partition coefficient (Wildman–Crippen LogP) is 4.30. The van der Waals surface area contributed by atoms with E-state index in [1.165, 1.54) is 18.5 Å². The van der Waals surface area contributed by atoms with E-state index < -0.39 is 5.95 Å². The van der Waals surface area contributed by atoms with Gasteiger partial charge in [-0.2, -0.15) is 4.39 Å². The second-order valence-electron chi connectivity index (χ2n) is 6.67. The Hall–Kier alpha value is -1.62. The van der Waals surface area contributed by atoms with Crippen molar-refractivity contribution in [2.75, 3.05) is 26.2 Å². The lowest BCUT2D eigenvalue weighted by molar-refractivity contribution is 0.0943. The summed E-state index contributed by atoms with van der Waals surface area (Å²) < 4.78 is 14.2. The van der Waals surface area contributed by atoms with Crippen LogP contribution < -0.4 is 5.32 Å². The lowest BCUT2D eigenvalue weighted by Gasteiger charge is -2.20. The number of benzene rings is 1. The molecule has 31 heavy (non-hydrogen) atoms. The number of carbonyl (C=O) groups excluding carboxylic acids is 1. The fourth-order valence-corrected chi connectivity index (χ4v) is 3.52. The van der Waals surface area contributed by atoms with Crippen molar-refractivity contribution in [3.8, 4) is 0 Å².